The Morgan fingerprint density at radius 3 is 3.00 bits per heavy atom. The van der Waals surface area contributed by atoms with E-state index in [1.54, 1.807) is 0 Å². The molecule has 1 aromatic heterocycles. The van der Waals surface area contributed by atoms with Crippen molar-refractivity contribution < 1.29 is 4.74 Å². The minimum absolute atomic E-state index is 0.334. The fraction of sp³-hybridized carbons (Fsp3) is 0.562. The highest BCUT2D eigenvalue weighted by Gasteiger charge is 2.26. The molecule has 3 rings (SSSR count). The molecule has 2 heterocycles. The van der Waals surface area contributed by atoms with E-state index in [9.17, 15) is 0 Å². The summed E-state index contributed by atoms with van der Waals surface area (Å²) in [6.07, 6.45) is 2.28. The van der Waals surface area contributed by atoms with Gasteiger partial charge in [0.25, 0.3) is 0 Å². The molecule has 1 fully saturated rings. The van der Waals surface area contributed by atoms with Crippen LogP contribution in [0.3, 0.4) is 0 Å². The lowest BCUT2D eigenvalue weighted by atomic mass is 10.0. The molecule has 3 nitrogen and oxygen atoms in total. The molecular weight excluding hydrogens is 272 g/mol. The van der Waals surface area contributed by atoms with Crippen LogP contribution in [-0.4, -0.2) is 28.1 Å². The molecule has 1 aromatic carbocycles. The van der Waals surface area contributed by atoms with Crippen molar-refractivity contribution in [2.75, 3.05) is 12.5 Å². The summed E-state index contributed by atoms with van der Waals surface area (Å²) >= 11 is 5.93. The van der Waals surface area contributed by atoms with E-state index in [0.29, 0.717) is 17.9 Å². The van der Waals surface area contributed by atoms with Crippen LogP contribution in [-0.2, 0) is 17.7 Å². The zero-order chi connectivity index (χ0) is 14.1. The Hall–Kier alpha value is -1.06. The highest BCUT2D eigenvalue weighted by atomic mass is 35.5. The molecule has 0 radical (unpaired) electrons. The van der Waals surface area contributed by atoms with Crippen molar-refractivity contribution in [3.8, 4) is 0 Å². The van der Waals surface area contributed by atoms with E-state index < -0.39 is 0 Å². The van der Waals surface area contributed by atoms with Crippen molar-refractivity contribution in [3.63, 3.8) is 0 Å². The average Bonchev–Trinajstić information content (AvgIpc) is 2.96. The topological polar surface area (TPSA) is 27.1 Å². The summed E-state index contributed by atoms with van der Waals surface area (Å²) in [7, 11) is 0. The Bertz CT molecular complexity index is 608. The summed E-state index contributed by atoms with van der Waals surface area (Å²) in [5.74, 6) is 2.28. The first-order valence-corrected chi connectivity index (χ1v) is 7.86. The van der Waals surface area contributed by atoms with E-state index in [2.05, 4.69) is 36.6 Å². The number of ether oxygens (including phenoxy) is 1. The molecule has 1 saturated heterocycles. The van der Waals surface area contributed by atoms with Gasteiger partial charge >= 0.3 is 0 Å². The van der Waals surface area contributed by atoms with Crippen LogP contribution in [0.15, 0.2) is 18.2 Å². The van der Waals surface area contributed by atoms with Crippen LogP contribution in [0.25, 0.3) is 11.0 Å². The van der Waals surface area contributed by atoms with Gasteiger partial charge in [0, 0.05) is 31.4 Å². The number of rotatable bonds is 4. The number of imidazole rings is 1. The highest BCUT2D eigenvalue weighted by Crippen LogP contribution is 2.26. The van der Waals surface area contributed by atoms with Crippen LogP contribution in [0.2, 0.25) is 0 Å². The van der Waals surface area contributed by atoms with Gasteiger partial charge in [0.05, 0.1) is 17.1 Å². The van der Waals surface area contributed by atoms with Gasteiger partial charge in [-0.05, 0) is 38.0 Å². The molecule has 0 N–H and O–H groups in total. The number of fused-ring (bicyclic) bond motifs is 1. The largest absolute Gasteiger partial charge is 0.378 e. The molecule has 108 valence electrons. The number of alkyl halides is 1. The zero-order valence-corrected chi connectivity index (χ0v) is 12.9. The molecule has 2 unspecified atom stereocenters. The monoisotopic (exact) mass is 292 g/mol. The molecule has 0 saturated carbocycles. The van der Waals surface area contributed by atoms with Crippen LogP contribution < -0.4 is 0 Å². The molecule has 2 atom stereocenters. The summed E-state index contributed by atoms with van der Waals surface area (Å²) in [5, 5.41) is 0. The summed E-state index contributed by atoms with van der Waals surface area (Å²) in [5.41, 5.74) is 3.57. The number of benzene rings is 1. The second-order valence-corrected chi connectivity index (χ2v) is 6.07. The summed E-state index contributed by atoms with van der Waals surface area (Å²) < 4.78 is 8.04. The van der Waals surface area contributed by atoms with Crippen LogP contribution in [0.4, 0.5) is 0 Å². The predicted molar refractivity (Wildman–Crippen MR) is 82.4 cm³/mol. The molecular formula is C16H21ClN2O. The lowest BCUT2D eigenvalue weighted by Crippen LogP contribution is -2.19. The van der Waals surface area contributed by atoms with Gasteiger partial charge in [-0.2, -0.15) is 0 Å². The van der Waals surface area contributed by atoms with Crippen molar-refractivity contribution >= 4 is 22.6 Å². The Labute approximate surface area is 124 Å². The molecule has 0 amide bonds. The lowest BCUT2D eigenvalue weighted by molar-refractivity contribution is 0.102. The fourth-order valence-corrected chi connectivity index (χ4v) is 3.18. The SMILES string of the molecule is Cc1ccc2nc(CCCl)n(CC3CCOC3C)c2c1. The number of hydrogen-bond acceptors (Lipinski definition) is 2. The van der Waals surface area contributed by atoms with Gasteiger partial charge in [-0.15, -0.1) is 11.6 Å². The van der Waals surface area contributed by atoms with Gasteiger partial charge in [0.2, 0.25) is 0 Å². The third-order valence-corrected chi connectivity index (χ3v) is 4.44. The van der Waals surface area contributed by atoms with Crippen LogP contribution in [0.5, 0.6) is 0 Å². The second-order valence-electron chi connectivity index (χ2n) is 5.69. The van der Waals surface area contributed by atoms with Gasteiger partial charge in [0.1, 0.15) is 5.82 Å². The lowest BCUT2D eigenvalue weighted by Gasteiger charge is -2.17. The van der Waals surface area contributed by atoms with Gasteiger partial charge in [-0.25, -0.2) is 4.98 Å². The van der Waals surface area contributed by atoms with Gasteiger partial charge in [0.15, 0.2) is 0 Å². The number of hydrogen-bond donors (Lipinski definition) is 0. The van der Waals surface area contributed by atoms with E-state index in [1.807, 2.05) is 0 Å². The van der Waals surface area contributed by atoms with E-state index in [0.717, 1.165) is 37.3 Å². The Morgan fingerprint density at radius 2 is 2.30 bits per heavy atom. The Morgan fingerprint density at radius 1 is 1.45 bits per heavy atom. The minimum atomic E-state index is 0.334. The summed E-state index contributed by atoms with van der Waals surface area (Å²) in [6.45, 7) is 6.15. The quantitative estimate of drug-likeness (QED) is 0.806. The first kappa shape index (κ1) is 13.9. The normalized spacial score (nSPS) is 22.8. The summed E-state index contributed by atoms with van der Waals surface area (Å²) in [4.78, 5) is 4.75. The third kappa shape index (κ3) is 2.57. The van der Waals surface area contributed by atoms with Crippen molar-refractivity contribution in [1.29, 1.82) is 0 Å². The minimum Gasteiger partial charge on any atom is -0.378 e. The maximum absolute atomic E-state index is 5.93. The van der Waals surface area contributed by atoms with E-state index in [-0.39, 0.29) is 0 Å². The zero-order valence-electron chi connectivity index (χ0n) is 12.1. The smallest absolute Gasteiger partial charge is 0.111 e. The number of nitrogens with zero attached hydrogens (tertiary/aromatic N) is 2. The van der Waals surface area contributed by atoms with Crippen molar-refractivity contribution in [2.24, 2.45) is 5.92 Å². The average molecular weight is 293 g/mol. The van der Waals surface area contributed by atoms with Crippen molar-refractivity contribution in [3.05, 3.63) is 29.6 Å². The fourth-order valence-electron chi connectivity index (χ4n) is 3.01. The van der Waals surface area contributed by atoms with Crippen molar-refractivity contribution in [1.82, 2.24) is 9.55 Å². The van der Waals surface area contributed by atoms with E-state index in [4.69, 9.17) is 21.3 Å². The molecule has 20 heavy (non-hydrogen) atoms. The van der Waals surface area contributed by atoms with Crippen molar-refractivity contribution in [2.45, 2.75) is 39.3 Å². The van der Waals surface area contributed by atoms with Crippen LogP contribution in [0.1, 0.15) is 24.7 Å². The van der Waals surface area contributed by atoms with E-state index >= 15 is 0 Å². The Balaban J connectivity index is 2.01. The van der Waals surface area contributed by atoms with E-state index in [1.165, 1.54) is 11.1 Å². The molecule has 1 aliphatic heterocycles. The molecule has 2 aromatic rings. The third-order valence-electron chi connectivity index (χ3n) is 4.25. The highest BCUT2D eigenvalue weighted by molar-refractivity contribution is 6.17. The standard InChI is InChI=1S/C16H21ClN2O/c1-11-3-4-14-15(9-11)19(16(18-14)5-7-17)10-13-6-8-20-12(13)2/h3-4,9,12-13H,5-8,10H2,1-2H3. The van der Waals surface area contributed by atoms with Gasteiger partial charge in [-0.1, -0.05) is 6.07 Å². The number of aryl methyl sites for hydroxylation is 2. The van der Waals surface area contributed by atoms with Crippen LogP contribution >= 0.6 is 11.6 Å². The van der Waals surface area contributed by atoms with Gasteiger partial charge in [-0.3, -0.25) is 0 Å². The maximum atomic E-state index is 5.93. The molecule has 0 bridgehead atoms. The second kappa shape index (κ2) is 5.74. The Kier molecular flexibility index (Phi) is 3.99. The first-order valence-electron chi connectivity index (χ1n) is 7.32. The molecule has 0 spiro atoms. The predicted octanol–water partition coefficient (Wildman–Crippen LogP) is 3.55. The number of halogens is 1. The summed E-state index contributed by atoms with van der Waals surface area (Å²) in [6, 6.07) is 6.44. The van der Waals surface area contributed by atoms with Crippen LogP contribution in [0, 0.1) is 12.8 Å². The maximum Gasteiger partial charge on any atom is 0.111 e. The molecule has 1 aliphatic rings. The molecule has 4 heteroatoms. The number of aromatic nitrogens is 2. The molecule has 0 aliphatic carbocycles. The first-order chi connectivity index (χ1) is 9.69. The van der Waals surface area contributed by atoms with Gasteiger partial charge < -0.3 is 9.30 Å².